The van der Waals surface area contributed by atoms with E-state index in [1.54, 1.807) is 0 Å². The Hall–Kier alpha value is -1.57. The van der Waals surface area contributed by atoms with Crippen molar-refractivity contribution in [1.29, 1.82) is 0 Å². The van der Waals surface area contributed by atoms with Crippen LogP contribution in [0.15, 0.2) is 47.6 Å². The van der Waals surface area contributed by atoms with Crippen molar-refractivity contribution in [2.24, 2.45) is 17.8 Å². The van der Waals surface area contributed by atoms with Gasteiger partial charge < -0.3 is 4.74 Å². The van der Waals surface area contributed by atoms with Crippen molar-refractivity contribution in [1.82, 2.24) is 0 Å². The van der Waals surface area contributed by atoms with E-state index in [1.165, 1.54) is 37.3 Å². The largest absolute Gasteiger partial charge is 0.463 e. The molecule has 0 radical (unpaired) electrons. The maximum atomic E-state index is 11.3. The van der Waals surface area contributed by atoms with E-state index >= 15 is 0 Å². The van der Waals surface area contributed by atoms with Gasteiger partial charge in [0, 0.05) is 6.08 Å². The van der Waals surface area contributed by atoms with Crippen LogP contribution in [0.5, 0.6) is 0 Å². The van der Waals surface area contributed by atoms with E-state index in [2.05, 4.69) is 25.2 Å². The highest BCUT2D eigenvalue weighted by Gasteiger charge is 2.37. The van der Waals surface area contributed by atoms with Gasteiger partial charge in [0.15, 0.2) is 0 Å². The molecule has 0 aromatic carbocycles. The van der Waals surface area contributed by atoms with E-state index in [4.69, 9.17) is 4.74 Å². The number of hydrogen-bond donors (Lipinski definition) is 0. The van der Waals surface area contributed by atoms with Gasteiger partial charge in [-0.1, -0.05) is 42.4 Å². The summed E-state index contributed by atoms with van der Waals surface area (Å²) in [7, 11) is 0. The van der Waals surface area contributed by atoms with Crippen LogP contribution in [-0.2, 0) is 9.53 Å². The number of allylic oxidation sites excluding steroid dienone is 7. The maximum Gasteiger partial charge on any atom is 0.330 e. The summed E-state index contributed by atoms with van der Waals surface area (Å²) in [5.74, 6) is 2.47. The van der Waals surface area contributed by atoms with E-state index in [1.807, 2.05) is 26.0 Å². The molecule has 2 fully saturated rings. The molecule has 0 aliphatic heterocycles. The van der Waals surface area contributed by atoms with E-state index < -0.39 is 0 Å². The van der Waals surface area contributed by atoms with Crippen molar-refractivity contribution in [3.05, 3.63) is 47.6 Å². The number of hydrogen-bond acceptors (Lipinski definition) is 2. The zero-order valence-electron chi connectivity index (χ0n) is 14.0. The number of esters is 1. The smallest absolute Gasteiger partial charge is 0.330 e. The van der Waals surface area contributed by atoms with Crippen LogP contribution < -0.4 is 0 Å². The van der Waals surface area contributed by atoms with Crippen molar-refractivity contribution < 1.29 is 9.53 Å². The Kier molecular flexibility index (Phi) is 6.23. The predicted octanol–water partition coefficient (Wildman–Crippen LogP) is 4.99. The third-order valence-corrected chi connectivity index (χ3v) is 4.75. The third-order valence-electron chi connectivity index (χ3n) is 4.75. The molecule has 120 valence electrons. The van der Waals surface area contributed by atoms with Gasteiger partial charge in [-0.3, -0.25) is 0 Å². The third kappa shape index (κ3) is 5.01. The fraction of sp³-hybridized carbons (Fsp3) is 0.550. The molecule has 22 heavy (non-hydrogen) atoms. The van der Waals surface area contributed by atoms with E-state index in [0.717, 1.165) is 23.3 Å². The van der Waals surface area contributed by atoms with Gasteiger partial charge in [0.25, 0.3) is 0 Å². The van der Waals surface area contributed by atoms with Gasteiger partial charge in [-0.2, -0.15) is 0 Å². The number of rotatable bonds is 6. The van der Waals surface area contributed by atoms with Crippen LogP contribution in [0.25, 0.3) is 0 Å². The number of carbonyl (C=O) groups is 1. The summed E-state index contributed by atoms with van der Waals surface area (Å²) in [6, 6.07) is 0. The lowest BCUT2D eigenvalue weighted by molar-refractivity contribution is -0.137. The second-order valence-electron chi connectivity index (χ2n) is 6.61. The molecule has 2 bridgehead atoms. The fourth-order valence-corrected chi connectivity index (χ4v) is 3.63. The molecule has 0 unspecified atom stereocenters. The van der Waals surface area contributed by atoms with Crippen LogP contribution in [0, 0.1) is 17.8 Å². The van der Waals surface area contributed by atoms with Gasteiger partial charge in [-0.15, -0.1) is 0 Å². The molecule has 0 saturated heterocycles. The molecule has 2 nitrogen and oxygen atoms in total. The summed E-state index contributed by atoms with van der Waals surface area (Å²) < 4.78 is 4.88. The molecule has 0 aromatic rings. The molecule has 2 saturated carbocycles. The topological polar surface area (TPSA) is 26.3 Å². The monoisotopic (exact) mass is 300 g/mol. The number of fused-ring (bicyclic) bond motifs is 2. The van der Waals surface area contributed by atoms with Crippen LogP contribution in [0.1, 0.15) is 46.5 Å². The molecule has 3 atom stereocenters. The molecule has 0 N–H and O–H groups in total. The molecule has 0 aromatic heterocycles. The molecule has 2 rings (SSSR count). The van der Waals surface area contributed by atoms with Gasteiger partial charge in [-0.25, -0.2) is 4.79 Å². The average molecular weight is 300 g/mol. The Morgan fingerprint density at radius 2 is 1.95 bits per heavy atom. The van der Waals surface area contributed by atoms with Crippen molar-refractivity contribution in [3.63, 3.8) is 0 Å². The number of ether oxygens (including phenoxy) is 1. The Balaban J connectivity index is 1.82. The molecular weight excluding hydrogens is 272 g/mol. The minimum Gasteiger partial charge on any atom is -0.463 e. The molecule has 0 amide bonds. The van der Waals surface area contributed by atoms with Gasteiger partial charge in [0.1, 0.15) is 0 Å². The van der Waals surface area contributed by atoms with Crippen molar-refractivity contribution in [2.45, 2.75) is 46.5 Å². The first-order valence-corrected chi connectivity index (χ1v) is 8.46. The summed E-state index contributed by atoms with van der Waals surface area (Å²) in [5, 5.41) is 0. The fourth-order valence-electron chi connectivity index (χ4n) is 3.63. The molecule has 2 aliphatic carbocycles. The zero-order valence-corrected chi connectivity index (χ0v) is 14.0. The summed E-state index contributed by atoms with van der Waals surface area (Å²) in [6.45, 7) is 6.25. The Morgan fingerprint density at radius 1 is 1.14 bits per heavy atom. The average Bonchev–Trinajstić information content (AvgIpc) is 3.07. The molecule has 0 heterocycles. The molecule has 2 aliphatic rings. The van der Waals surface area contributed by atoms with Crippen LogP contribution in [0.3, 0.4) is 0 Å². The quantitative estimate of drug-likeness (QED) is 0.392. The van der Waals surface area contributed by atoms with Crippen LogP contribution in [-0.4, -0.2) is 12.6 Å². The summed E-state index contributed by atoms with van der Waals surface area (Å²) in [5.41, 5.74) is 2.16. The standard InChI is InChI=1S/C20H28O2/c1-4-22-20(21)12-16(3)7-5-6-15(2)8-10-18-13-17-9-11-19(18)14-17/h5-8,10,12,17-19H,4,9,11,13-14H2,1-3H3/b7-5+,10-8+,15-6+,16-12+/t17-,18+,19-/m1/s1. The van der Waals surface area contributed by atoms with Crippen molar-refractivity contribution >= 4 is 5.97 Å². The van der Waals surface area contributed by atoms with Crippen LogP contribution in [0.4, 0.5) is 0 Å². The van der Waals surface area contributed by atoms with Crippen LogP contribution in [0.2, 0.25) is 0 Å². The highest BCUT2D eigenvalue weighted by molar-refractivity contribution is 5.83. The summed E-state index contributed by atoms with van der Waals surface area (Å²) >= 11 is 0. The lowest BCUT2D eigenvalue weighted by Gasteiger charge is -2.17. The number of carbonyl (C=O) groups excluding carboxylic acids is 1. The van der Waals surface area contributed by atoms with E-state index in [0.29, 0.717) is 6.61 Å². The lowest BCUT2D eigenvalue weighted by Crippen LogP contribution is -2.06. The van der Waals surface area contributed by atoms with E-state index in [9.17, 15) is 4.79 Å². The van der Waals surface area contributed by atoms with Gasteiger partial charge >= 0.3 is 5.97 Å². The summed E-state index contributed by atoms with van der Waals surface area (Å²) in [4.78, 5) is 11.3. The normalized spacial score (nSPS) is 29.0. The first-order chi connectivity index (χ1) is 10.6. The first kappa shape index (κ1) is 16.8. The van der Waals surface area contributed by atoms with Crippen molar-refractivity contribution in [2.75, 3.05) is 6.61 Å². The van der Waals surface area contributed by atoms with Crippen molar-refractivity contribution in [3.8, 4) is 0 Å². The highest BCUT2D eigenvalue weighted by Crippen LogP contribution is 2.48. The SMILES string of the molecule is CCOC(=O)/C=C(C)/C=C/C=C(C)/C=C/[C@H]1C[C@H]2CC[C@@H]1C2. The molecule has 0 spiro atoms. The maximum absolute atomic E-state index is 11.3. The highest BCUT2D eigenvalue weighted by atomic mass is 16.5. The van der Waals surface area contributed by atoms with Gasteiger partial charge in [0.2, 0.25) is 0 Å². The zero-order chi connectivity index (χ0) is 15.9. The lowest BCUT2D eigenvalue weighted by atomic mass is 9.88. The second-order valence-corrected chi connectivity index (χ2v) is 6.61. The van der Waals surface area contributed by atoms with Crippen LogP contribution >= 0.6 is 0 Å². The molecular formula is C20H28O2. The second kappa shape index (κ2) is 8.17. The Labute approximate surface area is 134 Å². The van der Waals surface area contributed by atoms with Gasteiger partial charge in [0.05, 0.1) is 6.61 Å². The Morgan fingerprint density at radius 3 is 2.59 bits per heavy atom. The van der Waals surface area contributed by atoms with Gasteiger partial charge in [-0.05, 0) is 63.4 Å². The van der Waals surface area contributed by atoms with E-state index in [-0.39, 0.29) is 5.97 Å². The minimum atomic E-state index is -0.276. The first-order valence-electron chi connectivity index (χ1n) is 8.46. The predicted molar refractivity (Wildman–Crippen MR) is 91.4 cm³/mol. The summed E-state index contributed by atoms with van der Waals surface area (Å²) in [6.07, 6.45) is 17.9. The molecule has 2 heteroatoms. The Bertz CT molecular complexity index is 508. The minimum absolute atomic E-state index is 0.276.